The third-order valence-corrected chi connectivity index (χ3v) is 4.00. The number of hydrogen-bond donors (Lipinski definition) is 0. The molecule has 0 aliphatic carbocycles. The Bertz CT molecular complexity index is 769. The molecule has 3 rings (SSSR count). The molecule has 2 aromatic carbocycles. The Morgan fingerprint density at radius 1 is 1.09 bits per heavy atom. The third kappa shape index (κ3) is 2.70. The highest BCUT2D eigenvalue weighted by atomic mass is 19.1. The molecule has 23 heavy (non-hydrogen) atoms. The van der Waals surface area contributed by atoms with Crippen molar-refractivity contribution in [2.45, 2.75) is 6.42 Å². The minimum atomic E-state index is -0.373. The summed E-state index contributed by atoms with van der Waals surface area (Å²) in [6.07, 6.45) is 0.637. The van der Waals surface area contributed by atoms with E-state index in [1.54, 1.807) is 31.1 Å². The van der Waals surface area contributed by atoms with Gasteiger partial charge in [-0.2, -0.15) is 0 Å². The van der Waals surface area contributed by atoms with Gasteiger partial charge in [0.1, 0.15) is 5.82 Å². The Morgan fingerprint density at radius 2 is 1.78 bits per heavy atom. The number of hydrogen-bond acceptors (Lipinski definition) is 2. The maximum atomic E-state index is 13.0. The molecule has 5 heteroatoms. The van der Waals surface area contributed by atoms with Crippen LogP contribution in [0.2, 0.25) is 0 Å². The highest BCUT2D eigenvalue weighted by molar-refractivity contribution is 6.08. The Labute approximate surface area is 134 Å². The lowest BCUT2D eigenvalue weighted by Gasteiger charge is -2.18. The van der Waals surface area contributed by atoms with Crippen LogP contribution >= 0.6 is 0 Å². The van der Waals surface area contributed by atoms with Gasteiger partial charge in [-0.25, -0.2) is 4.39 Å². The van der Waals surface area contributed by atoms with E-state index >= 15 is 0 Å². The van der Waals surface area contributed by atoms with Crippen molar-refractivity contribution < 1.29 is 14.0 Å². The van der Waals surface area contributed by atoms with E-state index < -0.39 is 0 Å². The van der Waals surface area contributed by atoms with E-state index in [1.165, 1.54) is 29.2 Å². The van der Waals surface area contributed by atoms with Crippen LogP contribution in [0.5, 0.6) is 0 Å². The Balaban J connectivity index is 1.96. The van der Waals surface area contributed by atoms with Crippen molar-refractivity contribution in [1.29, 1.82) is 0 Å². The zero-order valence-electron chi connectivity index (χ0n) is 13.0. The van der Waals surface area contributed by atoms with Gasteiger partial charge in [0, 0.05) is 37.5 Å². The van der Waals surface area contributed by atoms with Crippen molar-refractivity contribution in [2.24, 2.45) is 0 Å². The summed E-state index contributed by atoms with van der Waals surface area (Å²) in [6, 6.07) is 10.9. The molecule has 0 fully saturated rings. The Morgan fingerprint density at radius 3 is 2.43 bits per heavy atom. The summed E-state index contributed by atoms with van der Waals surface area (Å²) < 4.78 is 13.0. The van der Waals surface area contributed by atoms with Gasteiger partial charge in [-0.3, -0.25) is 9.59 Å². The van der Waals surface area contributed by atoms with Crippen molar-refractivity contribution in [3.05, 3.63) is 65.0 Å². The molecule has 1 heterocycles. The third-order valence-electron chi connectivity index (χ3n) is 4.00. The predicted molar refractivity (Wildman–Crippen MR) is 86.2 cm³/mol. The van der Waals surface area contributed by atoms with Crippen LogP contribution in [-0.4, -0.2) is 37.4 Å². The van der Waals surface area contributed by atoms with E-state index in [0.29, 0.717) is 24.1 Å². The lowest BCUT2D eigenvalue weighted by atomic mass is 10.0. The fraction of sp³-hybridized carbons (Fsp3) is 0.222. The van der Waals surface area contributed by atoms with Gasteiger partial charge < -0.3 is 9.80 Å². The first kappa shape index (κ1) is 15.2. The molecular weight excluding hydrogens is 295 g/mol. The van der Waals surface area contributed by atoms with Crippen LogP contribution in [-0.2, 0) is 6.42 Å². The fourth-order valence-electron chi connectivity index (χ4n) is 2.83. The fourth-order valence-corrected chi connectivity index (χ4v) is 2.83. The summed E-state index contributed by atoms with van der Waals surface area (Å²) in [6.45, 7) is 0.517. The van der Waals surface area contributed by atoms with Crippen LogP contribution in [0.1, 0.15) is 26.3 Å². The highest BCUT2D eigenvalue weighted by Gasteiger charge is 2.29. The molecule has 0 aromatic heterocycles. The lowest BCUT2D eigenvalue weighted by molar-refractivity contribution is 0.0826. The number of rotatable bonds is 2. The van der Waals surface area contributed by atoms with Gasteiger partial charge in [0.15, 0.2) is 0 Å². The number of carbonyl (C=O) groups excluding carboxylic acids is 2. The van der Waals surface area contributed by atoms with Crippen LogP contribution in [0.15, 0.2) is 42.5 Å². The van der Waals surface area contributed by atoms with Gasteiger partial charge in [-0.05, 0) is 48.4 Å². The molecule has 0 spiro atoms. The van der Waals surface area contributed by atoms with Gasteiger partial charge >= 0.3 is 0 Å². The monoisotopic (exact) mass is 312 g/mol. The number of halogens is 1. The first-order chi connectivity index (χ1) is 11.0. The minimum Gasteiger partial charge on any atom is -0.345 e. The van der Waals surface area contributed by atoms with Crippen LogP contribution in [0, 0.1) is 5.82 Å². The molecule has 1 aliphatic rings. The van der Waals surface area contributed by atoms with Crippen LogP contribution < -0.4 is 4.90 Å². The maximum absolute atomic E-state index is 13.0. The molecule has 0 atom stereocenters. The normalized spacial score (nSPS) is 12.9. The van der Waals surface area contributed by atoms with Gasteiger partial charge in [0.2, 0.25) is 0 Å². The topological polar surface area (TPSA) is 40.6 Å². The summed E-state index contributed by atoms with van der Waals surface area (Å²) >= 11 is 0. The standard InChI is InChI=1S/C18H17FN2O2/c1-20(2)18(23)15-4-3-5-16-14(15)10-11-21(16)17(22)12-6-8-13(19)9-7-12/h3-9H,10-11H2,1-2H3. The smallest absolute Gasteiger partial charge is 0.258 e. The van der Waals surface area contributed by atoms with Crippen molar-refractivity contribution in [3.63, 3.8) is 0 Å². The second-order valence-corrected chi connectivity index (χ2v) is 5.72. The van der Waals surface area contributed by atoms with Crippen molar-refractivity contribution in [3.8, 4) is 0 Å². The number of anilines is 1. The molecule has 0 radical (unpaired) electrons. The van der Waals surface area contributed by atoms with E-state index in [-0.39, 0.29) is 17.6 Å². The molecule has 118 valence electrons. The maximum Gasteiger partial charge on any atom is 0.258 e. The second-order valence-electron chi connectivity index (χ2n) is 5.72. The average Bonchev–Trinajstić information content (AvgIpc) is 2.98. The van der Waals surface area contributed by atoms with Crippen LogP contribution in [0.25, 0.3) is 0 Å². The Hall–Kier alpha value is -2.69. The molecule has 2 amide bonds. The summed E-state index contributed by atoms with van der Waals surface area (Å²) in [5, 5.41) is 0. The predicted octanol–water partition coefficient (Wildman–Crippen LogP) is 2.73. The molecule has 2 aromatic rings. The summed E-state index contributed by atoms with van der Waals surface area (Å²) in [7, 11) is 3.41. The van der Waals surface area contributed by atoms with E-state index in [9.17, 15) is 14.0 Å². The largest absolute Gasteiger partial charge is 0.345 e. The van der Waals surface area contributed by atoms with Gasteiger partial charge in [0.25, 0.3) is 11.8 Å². The van der Waals surface area contributed by atoms with Crippen LogP contribution in [0.4, 0.5) is 10.1 Å². The van der Waals surface area contributed by atoms with Crippen molar-refractivity contribution in [2.75, 3.05) is 25.5 Å². The molecule has 0 unspecified atom stereocenters. The van der Waals surface area contributed by atoms with E-state index in [0.717, 1.165) is 11.3 Å². The number of carbonyl (C=O) groups is 2. The molecule has 0 saturated carbocycles. The number of amides is 2. The Kier molecular flexibility index (Phi) is 3.86. The number of fused-ring (bicyclic) bond motifs is 1. The van der Waals surface area contributed by atoms with E-state index in [1.807, 2.05) is 6.07 Å². The minimum absolute atomic E-state index is 0.0714. The molecule has 1 aliphatic heterocycles. The lowest BCUT2D eigenvalue weighted by Crippen LogP contribution is -2.28. The summed E-state index contributed by atoms with van der Waals surface area (Å²) in [4.78, 5) is 28.1. The first-order valence-electron chi connectivity index (χ1n) is 7.40. The van der Waals surface area contributed by atoms with Gasteiger partial charge in [0.05, 0.1) is 0 Å². The number of nitrogens with zero attached hydrogens (tertiary/aromatic N) is 2. The van der Waals surface area contributed by atoms with Gasteiger partial charge in [-0.1, -0.05) is 6.07 Å². The molecule has 0 bridgehead atoms. The van der Waals surface area contributed by atoms with Crippen molar-refractivity contribution >= 4 is 17.5 Å². The zero-order chi connectivity index (χ0) is 16.6. The van der Waals surface area contributed by atoms with Crippen LogP contribution in [0.3, 0.4) is 0 Å². The quantitative estimate of drug-likeness (QED) is 0.855. The first-order valence-corrected chi connectivity index (χ1v) is 7.40. The number of benzene rings is 2. The molecular formula is C18H17FN2O2. The van der Waals surface area contributed by atoms with E-state index in [4.69, 9.17) is 0 Å². The van der Waals surface area contributed by atoms with Gasteiger partial charge in [-0.15, -0.1) is 0 Å². The summed E-state index contributed by atoms with van der Waals surface area (Å²) in [5.41, 5.74) is 2.71. The SMILES string of the molecule is CN(C)C(=O)c1cccc2c1CCN2C(=O)c1ccc(F)cc1. The molecule has 4 nitrogen and oxygen atoms in total. The zero-order valence-corrected chi connectivity index (χ0v) is 13.0. The average molecular weight is 312 g/mol. The van der Waals surface area contributed by atoms with Crippen molar-refractivity contribution in [1.82, 2.24) is 4.90 Å². The highest BCUT2D eigenvalue weighted by Crippen LogP contribution is 2.32. The molecule has 0 N–H and O–H groups in total. The summed E-state index contributed by atoms with van der Waals surface area (Å²) in [5.74, 6) is -0.627. The van der Waals surface area contributed by atoms with E-state index in [2.05, 4.69) is 0 Å². The second kappa shape index (κ2) is 5.83. The molecule has 0 saturated heterocycles.